The van der Waals surface area contributed by atoms with Crippen molar-refractivity contribution in [3.05, 3.63) is 77.6 Å². The Morgan fingerprint density at radius 3 is 2.65 bits per heavy atom. The number of hydrogen-bond acceptors (Lipinski definition) is 11. The number of hydroxylamine groups is 1. The predicted molar refractivity (Wildman–Crippen MR) is 152 cm³/mol. The number of aromatic amines is 1. The summed E-state index contributed by atoms with van der Waals surface area (Å²) in [6.07, 6.45) is 4.50. The molecule has 0 radical (unpaired) electrons. The Bertz CT molecular complexity index is 1820. The van der Waals surface area contributed by atoms with E-state index in [0.717, 1.165) is 43.0 Å². The number of benzene rings is 2. The van der Waals surface area contributed by atoms with Crippen molar-refractivity contribution in [1.29, 1.82) is 0 Å². The Hall–Kier alpha value is -5.14. The number of nitrogens with zero attached hydrogens (tertiary/aromatic N) is 6. The minimum absolute atomic E-state index is 0.159. The second kappa shape index (κ2) is 10.6. The summed E-state index contributed by atoms with van der Waals surface area (Å²) in [7, 11) is 3.49. The van der Waals surface area contributed by atoms with Crippen molar-refractivity contribution in [2.45, 2.75) is 6.54 Å². The fourth-order valence-electron chi connectivity index (χ4n) is 4.24. The van der Waals surface area contributed by atoms with Crippen LogP contribution in [0.2, 0.25) is 0 Å². The molecule has 1 amide bonds. The van der Waals surface area contributed by atoms with Crippen LogP contribution in [0.1, 0.15) is 15.2 Å². The maximum Gasteiger partial charge on any atom is 0.277 e. The third-order valence-corrected chi connectivity index (χ3v) is 7.35. The molecule has 12 nitrogen and oxygen atoms in total. The van der Waals surface area contributed by atoms with E-state index in [1.807, 2.05) is 60.5 Å². The Morgan fingerprint density at radius 2 is 1.90 bits per heavy atom. The van der Waals surface area contributed by atoms with Crippen LogP contribution < -0.4 is 20.4 Å². The average Bonchev–Trinajstić information content (AvgIpc) is 3.64. The molecule has 0 unspecified atom stereocenters. The van der Waals surface area contributed by atoms with E-state index in [9.17, 15) is 4.79 Å². The van der Waals surface area contributed by atoms with Gasteiger partial charge >= 0.3 is 0 Å². The van der Waals surface area contributed by atoms with Gasteiger partial charge in [-0.05, 0) is 36.4 Å². The molecule has 200 valence electrons. The van der Waals surface area contributed by atoms with Crippen molar-refractivity contribution in [3.8, 4) is 17.1 Å². The van der Waals surface area contributed by atoms with Crippen LogP contribution in [0.15, 0.2) is 67.1 Å². The molecule has 0 fully saturated rings. The monoisotopic (exact) mass is 553 g/mol. The first kappa shape index (κ1) is 25.2. The number of methoxy groups -OCH3 is 1. The zero-order chi connectivity index (χ0) is 27.6. The van der Waals surface area contributed by atoms with Crippen molar-refractivity contribution in [1.82, 2.24) is 35.6 Å². The Balaban J connectivity index is 1.38. The highest BCUT2D eigenvalue weighted by molar-refractivity contribution is 7.19. The lowest BCUT2D eigenvalue weighted by molar-refractivity contribution is 0.0705. The van der Waals surface area contributed by atoms with Crippen LogP contribution in [-0.4, -0.2) is 55.4 Å². The van der Waals surface area contributed by atoms with Gasteiger partial charge in [-0.2, -0.15) is 5.10 Å². The third-order valence-electron chi connectivity index (χ3n) is 6.24. The van der Waals surface area contributed by atoms with Crippen LogP contribution in [0, 0.1) is 0 Å². The summed E-state index contributed by atoms with van der Waals surface area (Å²) >= 11 is 1.57. The molecule has 6 rings (SSSR count). The summed E-state index contributed by atoms with van der Waals surface area (Å²) in [6, 6.07) is 15.6. The number of thiophene rings is 1. The minimum Gasteiger partial charge on any atom is -0.497 e. The summed E-state index contributed by atoms with van der Waals surface area (Å²) in [6.45, 7) is 0.501. The lowest BCUT2D eigenvalue weighted by Crippen LogP contribution is -2.21. The van der Waals surface area contributed by atoms with Gasteiger partial charge in [-0.15, -0.1) is 11.3 Å². The SMILES string of the molecule is COc1ccc(Nc2nc(-c3cccc4[nH]ncc34)nc3cc(CN(C)c4ncc(C(=O)NO)cn4)sc23)cc1. The number of fused-ring (bicyclic) bond motifs is 2. The molecule has 13 heteroatoms. The van der Waals surface area contributed by atoms with Gasteiger partial charge in [0.2, 0.25) is 5.95 Å². The first-order valence-electron chi connectivity index (χ1n) is 12.1. The van der Waals surface area contributed by atoms with Crippen molar-refractivity contribution < 1.29 is 14.7 Å². The van der Waals surface area contributed by atoms with Crippen LogP contribution in [0.5, 0.6) is 5.75 Å². The van der Waals surface area contributed by atoms with Gasteiger partial charge in [0, 0.05) is 41.0 Å². The molecule has 0 aliphatic rings. The van der Waals surface area contributed by atoms with Gasteiger partial charge in [0.15, 0.2) is 11.6 Å². The largest absolute Gasteiger partial charge is 0.497 e. The van der Waals surface area contributed by atoms with Crippen molar-refractivity contribution in [3.63, 3.8) is 0 Å². The molecular weight excluding hydrogens is 530 g/mol. The molecule has 4 N–H and O–H groups in total. The lowest BCUT2D eigenvalue weighted by Gasteiger charge is -2.15. The molecular formula is C27H23N9O3S. The van der Waals surface area contributed by atoms with Crippen molar-refractivity contribution in [2.75, 3.05) is 24.4 Å². The molecule has 0 saturated heterocycles. The number of rotatable bonds is 8. The summed E-state index contributed by atoms with van der Waals surface area (Å²) in [5.41, 5.74) is 5.17. The van der Waals surface area contributed by atoms with E-state index in [1.165, 1.54) is 12.4 Å². The number of hydrogen-bond donors (Lipinski definition) is 4. The number of nitrogens with one attached hydrogen (secondary N) is 3. The van der Waals surface area contributed by atoms with Gasteiger partial charge in [0.05, 0.1) is 41.1 Å². The highest BCUT2D eigenvalue weighted by Crippen LogP contribution is 2.36. The quantitative estimate of drug-likeness (QED) is 0.156. The van der Waals surface area contributed by atoms with E-state index in [4.69, 9.17) is 19.9 Å². The van der Waals surface area contributed by atoms with Crippen LogP contribution in [0.25, 0.3) is 32.5 Å². The normalized spacial score (nSPS) is 11.1. The number of anilines is 3. The van der Waals surface area contributed by atoms with Gasteiger partial charge in [-0.25, -0.2) is 25.4 Å². The highest BCUT2D eigenvalue weighted by Gasteiger charge is 2.17. The van der Waals surface area contributed by atoms with Crippen molar-refractivity contribution >= 4 is 55.8 Å². The molecule has 4 heterocycles. The molecule has 0 atom stereocenters. The first-order chi connectivity index (χ1) is 19.5. The van der Waals surface area contributed by atoms with E-state index in [-0.39, 0.29) is 5.56 Å². The number of carbonyl (C=O) groups excluding carboxylic acids is 1. The number of carbonyl (C=O) groups is 1. The molecule has 0 aliphatic heterocycles. The Labute approximate surface area is 231 Å². The molecule has 2 aromatic carbocycles. The molecule has 40 heavy (non-hydrogen) atoms. The molecule has 0 spiro atoms. The van der Waals surface area contributed by atoms with Crippen LogP contribution >= 0.6 is 11.3 Å². The molecule has 0 aliphatic carbocycles. The molecule has 0 bridgehead atoms. The summed E-state index contributed by atoms with van der Waals surface area (Å²) < 4.78 is 6.20. The zero-order valence-electron chi connectivity index (χ0n) is 21.4. The fourth-order valence-corrected chi connectivity index (χ4v) is 5.33. The maximum absolute atomic E-state index is 11.6. The molecule has 0 saturated carbocycles. The average molecular weight is 554 g/mol. The lowest BCUT2D eigenvalue weighted by atomic mass is 10.1. The van der Waals surface area contributed by atoms with E-state index in [1.54, 1.807) is 30.1 Å². The Kier molecular flexibility index (Phi) is 6.64. The van der Waals surface area contributed by atoms with Gasteiger partial charge in [0.1, 0.15) is 5.75 Å². The standard InChI is InChI=1S/C27H23N9O3S/c1-36(27-28-11-15(12-29-27)26(37)35-38)14-18-10-22-23(40-18)25(31-16-6-8-17(39-2)9-7-16)33-24(32-22)19-4-3-5-21-20(19)13-30-34-21/h3-13,38H,14H2,1-2H3,(H,30,34)(H,35,37)(H,31,32,33). The second-order valence-corrected chi connectivity index (χ2v) is 10.0. The minimum atomic E-state index is -0.670. The second-order valence-electron chi connectivity index (χ2n) is 8.88. The number of ether oxygens (including phenoxy) is 1. The predicted octanol–water partition coefficient (Wildman–Crippen LogP) is 4.53. The number of aromatic nitrogens is 6. The number of amides is 1. The van der Waals surface area contributed by atoms with E-state index in [2.05, 4.69) is 25.5 Å². The van der Waals surface area contributed by atoms with E-state index < -0.39 is 5.91 Å². The summed E-state index contributed by atoms with van der Waals surface area (Å²) in [4.78, 5) is 32.8. The van der Waals surface area contributed by atoms with Crippen LogP contribution in [0.4, 0.5) is 17.5 Å². The van der Waals surface area contributed by atoms with E-state index >= 15 is 0 Å². The van der Waals surface area contributed by atoms with Crippen LogP contribution in [0.3, 0.4) is 0 Å². The van der Waals surface area contributed by atoms with Gasteiger partial charge in [0.25, 0.3) is 5.91 Å². The van der Waals surface area contributed by atoms with Gasteiger partial charge in [-0.1, -0.05) is 12.1 Å². The summed E-state index contributed by atoms with van der Waals surface area (Å²) in [5, 5.41) is 20.4. The van der Waals surface area contributed by atoms with Crippen molar-refractivity contribution in [2.24, 2.45) is 0 Å². The van der Waals surface area contributed by atoms with Gasteiger partial charge < -0.3 is 15.0 Å². The summed E-state index contributed by atoms with van der Waals surface area (Å²) in [5.74, 6) is 1.78. The fraction of sp³-hybridized carbons (Fsp3) is 0.111. The van der Waals surface area contributed by atoms with Crippen LogP contribution in [-0.2, 0) is 6.54 Å². The van der Waals surface area contributed by atoms with Gasteiger partial charge in [-0.3, -0.25) is 15.1 Å². The number of H-pyrrole nitrogens is 1. The smallest absolute Gasteiger partial charge is 0.277 e. The highest BCUT2D eigenvalue weighted by atomic mass is 32.1. The zero-order valence-corrected chi connectivity index (χ0v) is 22.2. The first-order valence-corrected chi connectivity index (χ1v) is 13.0. The maximum atomic E-state index is 11.6. The van der Waals surface area contributed by atoms with E-state index in [0.29, 0.717) is 24.1 Å². The Morgan fingerprint density at radius 1 is 1.10 bits per heavy atom. The third kappa shape index (κ3) is 4.86. The molecule has 6 aromatic rings. The molecule has 4 aromatic heterocycles. The topological polar surface area (TPSA) is 154 Å².